The van der Waals surface area contributed by atoms with Crippen LogP contribution in [0.5, 0.6) is 5.75 Å². The van der Waals surface area contributed by atoms with Crippen molar-refractivity contribution in [1.82, 2.24) is 4.57 Å². The molecule has 5 rings (SSSR count). The van der Waals surface area contributed by atoms with Crippen LogP contribution in [0.25, 0.3) is 10.9 Å². The van der Waals surface area contributed by atoms with Gasteiger partial charge in [0.2, 0.25) is 5.43 Å². The van der Waals surface area contributed by atoms with Gasteiger partial charge in [-0.1, -0.05) is 0 Å². The molecule has 1 saturated carbocycles. The van der Waals surface area contributed by atoms with Gasteiger partial charge in [0.15, 0.2) is 11.6 Å². The maximum absolute atomic E-state index is 15.5. The number of benzene rings is 1. The Bertz CT molecular complexity index is 1090. The number of hydrogen-bond acceptors (Lipinski definition) is 7. The summed E-state index contributed by atoms with van der Waals surface area (Å²) in [4.78, 5) is 26.4. The summed E-state index contributed by atoms with van der Waals surface area (Å²) < 4.78 is 23.2. The number of rotatable bonds is 3. The first-order valence-corrected chi connectivity index (χ1v) is 9.21. The fourth-order valence-corrected chi connectivity index (χ4v) is 4.42. The van der Waals surface area contributed by atoms with Gasteiger partial charge < -0.3 is 30.5 Å². The lowest BCUT2D eigenvalue weighted by Gasteiger charge is -2.35. The lowest BCUT2D eigenvalue weighted by Crippen LogP contribution is -2.40. The molecule has 6 N–H and O–H groups in total. The number of ether oxygens (including phenoxy) is 1. The molecule has 0 radical (unpaired) electrons. The predicted octanol–water partition coefficient (Wildman–Crippen LogP) is 1.60. The van der Waals surface area contributed by atoms with Crippen molar-refractivity contribution in [3.05, 3.63) is 27.8 Å². The number of halogens is 3. The summed E-state index contributed by atoms with van der Waals surface area (Å²) in [5.41, 5.74) is 7.51. The summed E-state index contributed by atoms with van der Waals surface area (Å²) in [7, 11) is 0. The van der Waals surface area contributed by atoms with Crippen LogP contribution in [0.2, 0.25) is 0 Å². The minimum atomic E-state index is -1.37. The second-order valence-electron chi connectivity index (χ2n) is 7.66. The first-order valence-electron chi connectivity index (χ1n) is 9.21. The monoisotopic (exact) mass is 461 g/mol. The Labute approximate surface area is 182 Å². The fraction of sp³-hybridized carbons (Fsp3) is 0.444. The molecule has 0 amide bonds. The Morgan fingerprint density at radius 2 is 2.00 bits per heavy atom. The molecule has 9 nitrogen and oxygen atoms in total. The van der Waals surface area contributed by atoms with E-state index in [0.717, 1.165) is 12.8 Å². The van der Waals surface area contributed by atoms with Crippen LogP contribution >= 0.6 is 24.8 Å². The first-order chi connectivity index (χ1) is 13.4. The number of hydrogen-bond donors (Lipinski definition) is 4. The van der Waals surface area contributed by atoms with Crippen LogP contribution < -0.4 is 32.1 Å². The predicted molar refractivity (Wildman–Crippen MR) is 115 cm³/mol. The second-order valence-corrected chi connectivity index (χ2v) is 7.66. The van der Waals surface area contributed by atoms with E-state index < -0.39 is 22.8 Å². The third-order valence-corrected chi connectivity index (χ3v) is 5.81. The Morgan fingerprint density at radius 3 is 2.60 bits per heavy atom. The Kier molecular flexibility index (Phi) is 5.80. The van der Waals surface area contributed by atoms with E-state index in [2.05, 4.69) is 5.43 Å². The zero-order valence-corrected chi connectivity index (χ0v) is 17.4. The van der Waals surface area contributed by atoms with E-state index in [1.54, 1.807) is 4.57 Å². The van der Waals surface area contributed by atoms with Crippen LogP contribution in [0.3, 0.4) is 0 Å². The van der Waals surface area contributed by atoms with E-state index in [9.17, 15) is 14.7 Å². The average molecular weight is 462 g/mol. The molecule has 1 saturated heterocycles. The minimum Gasteiger partial charge on any atom is -0.487 e. The number of nitrogens with zero attached hydrogens (tertiary/aromatic N) is 2. The van der Waals surface area contributed by atoms with Crippen molar-refractivity contribution in [3.63, 3.8) is 0 Å². The number of carbonyl (C=O) groups is 1. The Morgan fingerprint density at radius 1 is 1.30 bits per heavy atom. The molecule has 2 aromatic rings. The molecule has 164 valence electrons. The topological polar surface area (TPSA) is 136 Å². The van der Waals surface area contributed by atoms with Gasteiger partial charge in [0.25, 0.3) is 0 Å². The van der Waals surface area contributed by atoms with Gasteiger partial charge in [-0.05, 0) is 19.3 Å². The van der Waals surface area contributed by atoms with Crippen LogP contribution in [-0.2, 0) is 0 Å². The highest BCUT2D eigenvalue weighted by Gasteiger charge is 2.41. The minimum absolute atomic E-state index is 0. The molecular formula is C18H22Cl2FN5O4. The SMILES string of the molecule is Cl.Cl.NNc1c(F)c2c(c3c1c(=O)c(C(=O)O)cn3C1CC1)OC[C@@H]1C[C@H](N)CN21. The number of aromatic nitrogens is 1. The van der Waals surface area contributed by atoms with Gasteiger partial charge in [0.1, 0.15) is 23.5 Å². The first kappa shape index (κ1) is 22.4. The summed E-state index contributed by atoms with van der Waals surface area (Å²) in [5, 5.41) is 9.36. The van der Waals surface area contributed by atoms with Crippen molar-refractivity contribution in [3.8, 4) is 5.75 Å². The van der Waals surface area contributed by atoms with Crippen LogP contribution in [0.1, 0.15) is 35.7 Å². The van der Waals surface area contributed by atoms with Gasteiger partial charge in [-0.25, -0.2) is 9.18 Å². The second kappa shape index (κ2) is 7.77. The Hall–Kier alpha value is -2.27. The lowest BCUT2D eigenvalue weighted by molar-refractivity contribution is 0.0695. The zero-order valence-electron chi connectivity index (χ0n) is 15.8. The molecule has 30 heavy (non-hydrogen) atoms. The number of carboxylic acids is 1. The highest BCUT2D eigenvalue weighted by Crippen LogP contribution is 2.49. The lowest BCUT2D eigenvalue weighted by atomic mass is 10.0. The number of nitrogens with one attached hydrogen (secondary N) is 1. The van der Waals surface area contributed by atoms with E-state index in [1.165, 1.54) is 6.20 Å². The molecule has 3 heterocycles. The zero-order chi connectivity index (χ0) is 19.7. The smallest absolute Gasteiger partial charge is 0.341 e. The van der Waals surface area contributed by atoms with Gasteiger partial charge in [0.05, 0.1) is 16.9 Å². The molecule has 12 heteroatoms. The van der Waals surface area contributed by atoms with Gasteiger partial charge in [-0.15, -0.1) is 24.8 Å². The van der Waals surface area contributed by atoms with Crippen molar-refractivity contribution >= 4 is 53.1 Å². The van der Waals surface area contributed by atoms with E-state index in [0.29, 0.717) is 25.1 Å². The molecular weight excluding hydrogens is 440 g/mol. The summed E-state index contributed by atoms with van der Waals surface area (Å²) in [6.07, 6.45) is 3.68. The maximum atomic E-state index is 15.5. The van der Waals surface area contributed by atoms with Gasteiger partial charge >= 0.3 is 5.97 Å². The third kappa shape index (κ3) is 3.06. The molecule has 1 aliphatic carbocycles. The van der Waals surface area contributed by atoms with Gasteiger partial charge in [-0.2, -0.15) is 0 Å². The maximum Gasteiger partial charge on any atom is 0.341 e. The Balaban J connectivity index is 0.00000128. The molecule has 2 atom stereocenters. The number of hydrazine groups is 1. The summed E-state index contributed by atoms with van der Waals surface area (Å²) in [6, 6.07) is -0.132. The normalized spacial score (nSPS) is 21.8. The van der Waals surface area contributed by atoms with Gasteiger partial charge in [0, 0.05) is 24.8 Å². The van der Waals surface area contributed by atoms with Crippen LogP contribution in [0.15, 0.2) is 11.0 Å². The fourth-order valence-electron chi connectivity index (χ4n) is 4.42. The number of carboxylic acid groups (broad SMARTS) is 1. The van der Waals surface area contributed by atoms with Crippen LogP contribution in [0, 0.1) is 5.82 Å². The van der Waals surface area contributed by atoms with Gasteiger partial charge in [-0.3, -0.25) is 10.6 Å². The van der Waals surface area contributed by atoms with E-state index in [4.69, 9.17) is 16.3 Å². The number of fused-ring (bicyclic) bond motifs is 5. The quantitative estimate of drug-likeness (QED) is 0.399. The number of nitrogens with two attached hydrogens (primary N) is 2. The van der Waals surface area contributed by atoms with Crippen molar-refractivity contribution < 1.29 is 19.0 Å². The molecule has 0 spiro atoms. The molecule has 2 fully saturated rings. The van der Waals surface area contributed by atoms with Crippen molar-refractivity contribution in [2.45, 2.75) is 37.4 Å². The number of aromatic carboxylic acids is 1. The summed E-state index contributed by atoms with van der Waals surface area (Å²) >= 11 is 0. The molecule has 1 aromatic heterocycles. The van der Waals surface area contributed by atoms with Crippen molar-refractivity contribution in [2.24, 2.45) is 11.6 Å². The molecule has 1 aromatic carbocycles. The number of pyridine rings is 1. The van der Waals surface area contributed by atoms with Crippen molar-refractivity contribution in [1.29, 1.82) is 0 Å². The summed E-state index contributed by atoms with van der Waals surface area (Å²) in [6.45, 7) is 0.790. The average Bonchev–Trinajstić information content (AvgIpc) is 3.42. The third-order valence-electron chi connectivity index (χ3n) is 5.81. The highest BCUT2D eigenvalue weighted by molar-refractivity contribution is 6.04. The molecule has 2 aliphatic heterocycles. The number of anilines is 2. The summed E-state index contributed by atoms with van der Waals surface area (Å²) in [5.74, 6) is 3.73. The standard InChI is InChI=1S/C18H20FN5O4.2ClH/c19-12-13(22-21)11-14(17-15(12)23-4-7(20)3-9(23)6-28-17)24(8-1-2-8)5-10(16(11)25)18(26)27;;/h5,7-9,22H,1-4,6,20-21H2,(H,26,27);2*1H/t7-,9-;;/m0../s1. The van der Waals surface area contributed by atoms with Crippen LogP contribution in [0.4, 0.5) is 15.8 Å². The van der Waals surface area contributed by atoms with E-state index in [-0.39, 0.29) is 65.5 Å². The largest absolute Gasteiger partial charge is 0.487 e. The van der Waals surface area contributed by atoms with E-state index >= 15 is 4.39 Å². The van der Waals surface area contributed by atoms with Crippen LogP contribution in [-0.4, -0.2) is 40.9 Å². The number of nitrogen functional groups attached to an aromatic ring is 1. The van der Waals surface area contributed by atoms with E-state index in [1.807, 2.05) is 4.90 Å². The highest BCUT2D eigenvalue weighted by atomic mass is 35.5. The molecule has 0 bridgehead atoms. The molecule has 3 aliphatic rings. The molecule has 0 unspecified atom stereocenters. The van der Waals surface area contributed by atoms with Crippen molar-refractivity contribution in [2.75, 3.05) is 23.5 Å².